The van der Waals surface area contributed by atoms with Crippen LogP contribution in [0.25, 0.3) is 0 Å². The van der Waals surface area contributed by atoms with Gasteiger partial charge >= 0.3 is 6.09 Å². The highest BCUT2D eigenvalue weighted by Gasteiger charge is 2.31. The Morgan fingerprint density at radius 1 is 1.32 bits per heavy atom. The summed E-state index contributed by atoms with van der Waals surface area (Å²) in [4.78, 5) is 24.4. The predicted octanol–water partition coefficient (Wildman–Crippen LogP) is 0.310. The van der Waals surface area contributed by atoms with Gasteiger partial charge in [-0.15, -0.1) is 11.3 Å². The second-order valence-electron chi connectivity index (χ2n) is 4.60. The fourth-order valence-corrected chi connectivity index (χ4v) is 4.59. The van der Waals surface area contributed by atoms with Crippen molar-refractivity contribution in [1.82, 2.24) is 9.21 Å². The van der Waals surface area contributed by atoms with Gasteiger partial charge in [0.25, 0.3) is 5.91 Å². The number of nitrogens with zero attached hydrogens (tertiary/aromatic N) is 2. The molecule has 0 aromatic carbocycles. The Balaban J connectivity index is 2.06. The molecule has 22 heavy (non-hydrogen) atoms. The number of piperazine rings is 1. The lowest BCUT2D eigenvalue weighted by Crippen LogP contribution is -2.50. The van der Waals surface area contributed by atoms with Crippen molar-refractivity contribution >= 4 is 33.4 Å². The van der Waals surface area contributed by atoms with Crippen molar-refractivity contribution in [2.75, 3.05) is 32.8 Å². The lowest BCUT2D eigenvalue weighted by molar-refractivity contribution is 0.0933. The van der Waals surface area contributed by atoms with E-state index in [-0.39, 0.29) is 42.6 Å². The zero-order chi connectivity index (χ0) is 16.3. The molecule has 0 atom stereocenters. The van der Waals surface area contributed by atoms with Crippen LogP contribution in [0, 0.1) is 0 Å². The van der Waals surface area contributed by atoms with E-state index < -0.39 is 22.0 Å². The van der Waals surface area contributed by atoms with Gasteiger partial charge in [-0.05, 0) is 13.0 Å². The van der Waals surface area contributed by atoms with Crippen molar-refractivity contribution in [3.8, 4) is 0 Å². The minimum Gasteiger partial charge on any atom is -0.450 e. The van der Waals surface area contributed by atoms with Gasteiger partial charge in [-0.2, -0.15) is 4.31 Å². The molecule has 0 unspecified atom stereocenters. The molecule has 1 aliphatic heterocycles. The number of thiophene rings is 1. The third kappa shape index (κ3) is 3.39. The summed E-state index contributed by atoms with van der Waals surface area (Å²) in [5.41, 5.74) is 5.13. The third-order valence-corrected chi connectivity index (χ3v) is 6.19. The van der Waals surface area contributed by atoms with Crippen LogP contribution in [0.3, 0.4) is 0 Å². The van der Waals surface area contributed by atoms with Crippen LogP contribution in [0.5, 0.6) is 0 Å². The van der Waals surface area contributed by atoms with Crippen molar-refractivity contribution in [1.29, 1.82) is 0 Å². The Morgan fingerprint density at radius 3 is 2.45 bits per heavy atom. The Bertz CT molecular complexity index is 662. The Kier molecular flexibility index (Phi) is 5.04. The van der Waals surface area contributed by atoms with E-state index in [4.69, 9.17) is 10.5 Å². The van der Waals surface area contributed by atoms with E-state index in [1.54, 1.807) is 6.92 Å². The molecule has 1 aromatic rings. The van der Waals surface area contributed by atoms with Crippen LogP contribution in [0.1, 0.15) is 16.6 Å². The Morgan fingerprint density at radius 2 is 1.95 bits per heavy atom. The van der Waals surface area contributed by atoms with Gasteiger partial charge in [0.2, 0.25) is 10.0 Å². The van der Waals surface area contributed by atoms with Crippen LogP contribution >= 0.6 is 11.3 Å². The van der Waals surface area contributed by atoms with Crippen molar-refractivity contribution in [3.63, 3.8) is 0 Å². The van der Waals surface area contributed by atoms with Gasteiger partial charge in [0.15, 0.2) is 0 Å². The van der Waals surface area contributed by atoms with Gasteiger partial charge in [0.05, 0.1) is 16.4 Å². The predicted molar refractivity (Wildman–Crippen MR) is 80.2 cm³/mol. The zero-order valence-corrected chi connectivity index (χ0v) is 13.7. The van der Waals surface area contributed by atoms with E-state index in [1.165, 1.54) is 20.7 Å². The van der Waals surface area contributed by atoms with Crippen LogP contribution in [0.4, 0.5) is 4.79 Å². The maximum atomic E-state index is 12.5. The highest BCUT2D eigenvalue weighted by atomic mass is 32.2. The molecule has 2 amide bonds. The summed E-state index contributed by atoms with van der Waals surface area (Å²) in [7, 11) is -3.68. The number of primary amides is 1. The molecule has 1 fully saturated rings. The fraction of sp³-hybridized carbons (Fsp3) is 0.500. The standard InChI is InChI=1S/C12H17N3O5S2/c1-2-20-12(17)14-3-5-15(6-4-14)22(18,19)9-7-10(11(13)16)21-8-9/h7-8H,2-6H2,1H3,(H2,13,16). The van der Waals surface area contributed by atoms with Gasteiger partial charge in [-0.25, -0.2) is 13.2 Å². The molecule has 1 saturated heterocycles. The number of nitrogens with two attached hydrogens (primary N) is 1. The highest BCUT2D eigenvalue weighted by Crippen LogP contribution is 2.23. The third-order valence-electron chi connectivity index (χ3n) is 3.22. The minimum absolute atomic E-state index is 0.0517. The molecular formula is C12H17N3O5S2. The quantitative estimate of drug-likeness (QED) is 0.843. The highest BCUT2D eigenvalue weighted by molar-refractivity contribution is 7.89. The summed E-state index contributed by atoms with van der Waals surface area (Å²) in [5.74, 6) is -0.654. The number of hydrogen-bond donors (Lipinski definition) is 1. The second kappa shape index (κ2) is 6.63. The second-order valence-corrected chi connectivity index (χ2v) is 7.45. The van der Waals surface area contributed by atoms with Gasteiger partial charge < -0.3 is 15.4 Å². The van der Waals surface area contributed by atoms with Crippen molar-refractivity contribution in [2.24, 2.45) is 5.73 Å². The summed E-state index contributed by atoms with van der Waals surface area (Å²) in [6.07, 6.45) is -0.439. The van der Waals surface area contributed by atoms with Crippen LogP contribution < -0.4 is 5.73 Å². The first-order valence-corrected chi connectivity index (χ1v) is 8.98. The van der Waals surface area contributed by atoms with Crippen molar-refractivity contribution < 1.29 is 22.7 Å². The molecule has 1 aliphatic rings. The molecule has 2 rings (SSSR count). The summed E-state index contributed by atoms with van der Waals surface area (Å²) < 4.78 is 31.1. The number of rotatable bonds is 4. The SMILES string of the molecule is CCOC(=O)N1CCN(S(=O)(=O)c2csc(C(N)=O)c2)CC1. The van der Waals surface area contributed by atoms with Gasteiger partial charge in [-0.3, -0.25) is 4.79 Å². The smallest absolute Gasteiger partial charge is 0.409 e. The van der Waals surface area contributed by atoms with Crippen LogP contribution in [0.2, 0.25) is 0 Å². The van der Waals surface area contributed by atoms with Crippen molar-refractivity contribution in [2.45, 2.75) is 11.8 Å². The van der Waals surface area contributed by atoms with E-state index >= 15 is 0 Å². The van der Waals surface area contributed by atoms with Gasteiger partial charge in [-0.1, -0.05) is 0 Å². The van der Waals surface area contributed by atoms with Crippen LogP contribution in [-0.4, -0.2) is 62.4 Å². The van der Waals surface area contributed by atoms with E-state index in [1.807, 2.05) is 0 Å². The number of amides is 2. The molecule has 1 aromatic heterocycles. The molecule has 10 heteroatoms. The van der Waals surface area contributed by atoms with E-state index in [0.29, 0.717) is 0 Å². The molecule has 0 bridgehead atoms. The van der Waals surface area contributed by atoms with Crippen LogP contribution in [-0.2, 0) is 14.8 Å². The van der Waals surface area contributed by atoms with Gasteiger partial charge in [0.1, 0.15) is 0 Å². The molecule has 2 N–H and O–H groups in total. The van der Waals surface area contributed by atoms with E-state index in [2.05, 4.69) is 0 Å². The molecule has 8 nitrogen and oxygen atoms in total. The summed E-state index contributed by atoms with van der Waals surface area (Å²) in [6.45, 7) is 2.90. The first kappa shape index (κ1) is 16.7. The molecule has 0 aliphatic carbocycles. The number of hydrogen-bond acceptors (Lipinski definition) is 6. The zero-order valence-electron chi connectivity index (χ0n) is 12.0. The topological polar surface area (TPSA) is 110 Å². The first-order chi connectivity index (χ1) is 10.4. The summed E-state index contributed by atoms with van der Waals surface area (Å²) >= 11 is 0.996. The number of carbonyl (C=O) groups is 2. The average Bonchev–Trinajstić information content (AvgIpc) is 2.98. The number of carbonyl (C=O) groups excluding carboxylic acids is 2. The molecule has 0 radical (unpaired) electrons. The molecular weight excluding hydrogens is 330 g/mol. The average molecular weight is 347 g/mol. The lowest BCUT2D eigenvalue weighted by atomic mass is 10.4. The number of sulfonamides is 1. The van der Waals surface area contributed by atoms with E-state index in [0.717, 1.165) is 11.3 Å². The Labute approximate surface area is 132 Å². The van der Waals surface area contributed by atoms with Crippen LogP contribution in [0.15, 0.2) is 16.3 Å². The largest absolute Gasteiger partial charge is 0.450 e. The van der Waals surface area contributed by atoms with Crippen molar-refractivity contribution in [3.05, 3.63) is 16.3 Å². The first-order valence-electron chi connectivity index (χ1n) is 6.66. The molecule has 122 valence electrons. The fourth-order valence-electron chi connectivity index (χ4n) is 2.06. The summed E-state index contributed by atoms with van der Waals surface area (Å²) in [5, 5.41) is 1.40. The monoisotopic (exact) mass is 347 g/mol. The lowest BCUT2D eigenvalue weighted by Gasteiger charge is -2.33. The Hall–Kier alpha value is -1.65. The summed E-state index contributed by atoms with van der Waals surface area (Å²) in [6, 6.07) is 1.28. The number of ether oxygens (including phenoxy) is 1. The molecule has 0 spiro atoms. The normalized spacial score (nSPS) is 16.5. The minimum atomic E-state index is -3.68. The van der Waals surface area contributed by atoms with Gasteiger partial charge in [0, 0.05) is 31.6 Å². The maximum Gasteiger partial charge on any atom is 0.409 e. The van der Waals surface area contributed by atoms with E-state index in [9.17, 15) is 18.0 Å². The molecule has 0 saturated carbocycles. The maximum absolute atomic E-state index is 12.5. The molecule has 2 heterocycles.